The standard InChI is InChI=1S/C9H12N2OS/c1-11-5-4-7-6-8(10-13-12)2-3-9(7)11/h2-3,6,10,12H,4-5H2,1H3. The van der Waals surface area contributed by atoms with Crippen LogP contribution in [-0.4, -0.2) is 18.1 Å². The lowest BCUT2D eigenvalue weighted by Crippen LogP contribution is -2.12. The molecule has 3 nitrogen and oxygen atoms in total. The van der Waals surface area contributed by atoms with Crippen LogP contribution in [-0.2, 0) is 6.42 Å². The molecule has 1 aromatic rings. The summed E-state index contributed by atoms with van der Waals surface area (Å²) in [5.41, 5.74) is 3.61. The quantitative estimate of drug-likeness (QED) is 0.561. The molecular formula is C9H12N2OS. The summed E-state index contributed by atoms with van der Waals surface area (Å²) in [7, 11) is 2.10. The molecule has 4 heteroatoms. The summed E-state index contributed by atoms with van der Waals surface area (Å²) in [5, 5.41) is 0. The Morgan fingerprint density at radius 3 is 3.15 bits per heavy atom. The molecule has 0 radical (unpaired) electrons. The molecule has 0 fully saturated rings. The van der Waals surface area contributed by atoms with E-state index in [1.165, 1.54) is 11.3 Å². The predicted molar refractivity (Wildman–Crippen MR) is 57.3 cm³/mol. The van der Waals surface area contributed by atoms with E-state index in [0.29, 0.717) is 12.2 Å². The number of hydrogen-bond donors (Lipinski definition) is 2. The molecule has 13 heavy (non-hydrogen) atoms. The Balaban J connectivity index is 2.29. The molecule has 0 saturated heterocycles. The van der Waals surface area contributed by atoms with Gasteiger partial charge in [-0.1, -0.05) is 0 Å². The highest BCUT2D eigenvalue weighted by Gasteiger charge is 2.15. The lowest BCUT2D eigenvalue weighted by molar-refractivity contribution is 0.668. The first-order valence-corrected chi connectivity index (χ1v) is 4.99. The van der Waals surface area contributed by atoms with E-state index in [-0.39, 0.29) is 0 Å². The maximum atomic E-state index is 8.62. The van der Waals surface area contributed by atoms with Gasteiger partial charge in [-0.15, -0.1) is 0 Å². The van der Waals surface area contributed by atoms with Crippen LogP contribution in [0, 0.1) is 0 Å². The van der Waals surface area contributed by atoms with E-state index in [0.717, 1.165) is 18.7 Å². The first-order chi connectivity index (χ1) is 6.31. The fourth-order valence-corrected chi connectivity index (χ4v) is 1.92. The zero-order chi connectivity index (χ0) is 9.26. The van der Waals surface area contributed by atoms with Gasteiger partial charge >= 0.3 is 0 Å². The van der Waals surface area contributed by atoms with Gasteiger partial charge in [0.25, 0.3) is 0 Å². The summed E-state index contributed by atoms with van der Waals surface area (Å²) in [6.07, 6.45) is 1.09. The second kappa shape index (κ2) is 3.47. The number of rotatable bonds is 2. The Bertz CT molecular complexity index is 316. The van der Waals surface area contributed by atoms with E-state index >= 15 is 0 Å². The Labute approximate surface area is 82.1 Å². The van der Waals surface area contributed by atoms with E-state index in [1.54, 1.807) is 0 Å². The second-order valence-electron chi connectivity index (χ2n) is 3.21. The SMILES string of the molecule is CN1CCc2cc(NSO)ccc21. The molecule has 2 N–H and O–H groups in total. The smallest absolute Gasteiger partial charge is 0.108 e. The fourth-order valence-electron chi connectivity index (χ4n) is 1.68. The lowest BCUT2D eigenvalue weighted by Gasteiger charge is -2.11. The highest BCUT2D eigenvalue weighted by Crippen LogP contribution is 2.29. The monoisotopic (exact) mass is 196 g/mol. The van der Waals surface area contributed by atoms with Crippen molar-refractivity contribution in [2.75, 3.05) is 23.2 Å². The molecule has 1 aliphatic heterocycles. The van der Waals surface area contributed by atoms with Crippen LogP contribution in [0.3, 0.4) is 0 Å². The molecule has 0 aromatic heterocycles. The van der Waals surface area contributed by atoms with Crippen molar-refractivity contribution in [2.24, 2.45) is 0 Å². The van der Waals surface area contributed by atoms with Crippen LogP contribution in [0.1, 0.15) is 5.56 Å². The first kappa shape index (κ1) is 8.72. The van der Waals surface area contributed by atoms with Crippen molar-refractivity contribution in [1.29, 1.82) is 0 Å². The van der Waals surface area contributed by atoms with Gasteiger partial charge in [0.05, 0.1) is 0 Å². The molecule has 2 rings (SSSR count). The third-order valence-corrected chi connectivity index (χ3v) is 2.70. The van der Waals surface area contributed by atoms with Crippen LogP contribution in [0.5, 0.6) is 0 Å². The highest BCUT2D eigenvalue weighted by molar-refractivity contribution is 7.95. The molecule has 1 heterocycles. The van der Waals surface area contributed by atoms with E-state index in [2.05, 4.69) is 28.8 Å². The lowest BCUT2D eigenvalue weighted by atomic mass is 10.1. The fraction of sp³-hybridized carbons (Fsp3) is 0.333. The normalized spacial score (nSPS) is 14.5. The Morgan fingerprint density at radius 1 is 1.54 bits per heavy atom. The van der Waals surface area contributed by atoms with E-state index in [9.17, 15) is 0 Å². The molecule has 0 unspecified atom stereocenters. The molecule has 0 bridgehead atoms. The van der Waals surface area contributed by atoms with Gasteiger partial charge in [0.1, 0.15) is 12.2 Å². The summed E-state index contributed by atoms with van der Waals surface area (Å²) in [6.45, 7) is 1.09. The minimum atomic E-state index is 0.637. The van der Waals surface area contributed by atoms with E-state index < -0.39 is 0 Å². The van der Waals surface area contributed by atoms with Crippen LogP contribution >= 0.6 is 12.2 Å². The number of fused-ring (bicyclic) bond motifs is 1. The molecule has 1 aromatic carbocycles. The largest absolute Gasteiger partial charge is 0.374 e. The summed E-state index contributed by atoms with van der Waals surface area (Å²) < 4.78 is 11.4. The van der Waals surface area contributed by atoms with Crippen molar-refractivity contribution in [1.82, 2.24) is 0 Å². The van der Waals surface area contributed by atoms with Gasteiger partial charge in [-0.25, -0.2) is 0 Å². The average Bonchev–Trinajstić information content (AvgIpc) is 2.48. The number of nitrogens with one attached hydrogen (secondary N) is 1. The zero-order valence-corrected chi connectivity index (χ0v) is 8.27. The van der Waals surface area contributed by atoms with Crippen molar-refractivity contribution in [3.05, 3.63) is 23.8 Å². The highest BCUT2D eigenvalue weighted by atomic mass is 32.2. The zero-order valence-electron chi connectivity index (χ0n) is 7.45. The number of benzene rings is 1. The van der Waals surface area contributed by atoms with Crippen LogP contribution < -0.4 is 9.62 Å². The Kier molecular flexibility index (Phi) is 2.33. The number of hydrogen-bond acceptors (Lipinski definition) is 4. The van der Waals surface area contributed by atoms with Crippen LogP contribution in [0.25, 0.3) is 0 Å². The number of anilines is 2. The number of nitrogens with zero attached hydrogens (tertiary/aromatic N) is 1. The molecule has 0 saturated carbocycles. The van der Waals surface area contributed by atoms with Crippen molar-refractivity contribution < 1.29 is 4.55 Å². The van der Waals surface area contributed by atoms with Gasteiger partial charge in [0.15, 0.2) is 0 Å². The molecule has 70 valence electrons. The van der Waals surface area contributed by atoms with Crippen molar-refractivity contribution >= 4 is 23.6 Å². The molecule has 0 atom stereocenters. The third kappa shape index (κ3) is 1.59. The summed E-state index contributed by atoms with van der Waals surface area (Å²) in [4.78, 5) is 2.24. The molecular weight excluding hydrogens is 184 g/mol. The van der Waals surface area contributed by atoms with Gasteiger partial charge in [0, 0.05) is 25.0 Å². The maximum Gasteiger partial charge on any atom is 0.108 e. The van der Waals surface area contributed by atoms with Gasteiger partial charge in [-0.2, -0.15) is 0 Å². The summed E-state index contributed by atoms with van der Waals surface area (Å²) in [6, 6.07) is 6.15. The van der Waals surface area contributed by atoms with Crippen molar-refractivity contribution in [2.45, 2.75) is 6.42 Å². The van der Waals surface area contributed by atoms with Crippen LogP contribution in [0.4, 0.5) is 11.4 Å². The topological polar surface area (TPSA) is 35.5 Å². The number of likely N-dealkylation sites (N-methyl/N-ethyl adjacent to an activating group) is 1. The average molecular weight is 196 g/mol. The minimum absolute atomic E-state index is 0.637. The summed E-state index contributed by atoms with van der Waals surface area (Å²) in [5.74, 6) is 0. The van der Waals surface area contributed by atoms with Gasteiger partial charge in [-0.3, -0.25) is 0 Å². The Hall–Kier alpha value is -0.870. The first-order valence-electron chi connectivity index (χ1n) is 4.22. The minimum Gasteiger partial charge on any atom is -0.374 e. The van der Waals surface area contributed by atoms with E-state index in [4.69, 9.17) is 4.55 Å². The van der Waals surface area contributed by atoms with E-state index in [1.807, 2.05) is 6.07 Å². The van der Waals surface area contributed by atoms with Gasteiger partial charge in [0.2, 0.25) is 0 Å². The summed E-state index contributed by atoms with van der Waals surface area (Å²) >= 11 is 0.637. The van der Waals surface area contributed by atoms with Gasteiger partial charge < -0.3 is 14.2 Å². The molecule has 0 amide bonds. The van der Waals surface area contributed by atoms with Crippen molar-refractivity contribution in [3.63, 3.8) is 0 Å². The van der Waals surface area contributed by atoms with Crippen LogP contribution in [0.2, 0.25) is 0 Å². The van der Waals surface area contributed by atoms with Crippen LogP contribution in [0.15, 0.2) is 18.2 Å². The molecule has 0 aliphatic carbocycles. The van der Waals surface area contributed by atoms with Crippen molar-refractivity contribution in [3.8, 4) is 0 Å². The molecule has 1 aliphatic rings. The maximum absolute atomic E-state index is 8.62. The third-order valence-electron chi connectivity index (χ3n) is 2.37. The van der Waals surface area contributed by atoms with Gasteiger partial charge in [-0.05, 0) is 30.2 Å². The Morgan fingerprint density at radius 2 is 2.38 bits per heavy atom. The second-order valence-corrected chi connectivity index (χ2v) is 3.60. The predicted octanol–water partition coefficient (Wildman–Crippen LogP) is 2.21. The molecule has 0 spiro atoms.